The predicted octanol–water partition coefficient (Wildman–Crippen LogP) is 2.64. The number of rotatable bonds is 2. The number of nitrogens with zero attached hydrogens (tertiary/aromatic N) is 1. The van der Waals surface area contributed by atoms with Gasteiger partial charge in [-0.05, 0) is 25.1 Å². The molecular formula is C15H12BrNO4. The summed E-state index contributed by atoms with van der Waals surface area (Å²) in [5, 5.41) is 0.842. The molecule has 0 N–H and O–H groups in total. The number of benzene rings is 1. The zero-order valence-electron chi connectivity index (χ0n) is 11.3. The maximum Gasteiger partial charge on any atom is 0.343 e. The summed E-state index contributed by atoms with van der Waals surface area (Å²) in [6, 6.07) is 7.37. The summed E-state index contributed by atoms with van der Waals surface area (Å²) < 4.78 is 11.1. The Kier molecular flexibility index (Phi) is 3.73. The molecule has 3 rings (SSSR count). The van der Waals surface area contributed by atoms with E-state index in [0.717, 1.165) is 15.4 Å². The van der Waals surface area contributed by atoms with Crippen LogP contribution in [0.15, 0.2) is 28.7 Å². The van der Waals surface area contributed by atoms with Crippen molar-refractivity contribution in [3.63, 3.8) is 0 Å². The van der Waals surface area contributed by atoms with Crippen molar-refractivity contribution in [2.24, 2.45) is 0 Å². The first kappa shape index (κ1) is 14.2. The van der Waals surface area contributed by atoms with Gasteiger partial charge in [0.2, 0.25) is 11.9 Å². The second-order valence-corrected chi connectivity index (χ2v) is 5.54. The largest absolute Gasteiger partial charge is 0.464 e. The van der Waals surface area contributed by atoms with E-state index in [4.69, 9.17) is 9.47 Å². The molecule has 6 heteroatoms. The Morgan fingerprint density at radius 3 is 3.05 bits per heavy atom. The Balaban J connectivity index is 2.03. The molecule has 1 aliphatic heterocycles. The van der Waals surface area contributed by atoms with E-state index < -0.39 is 17.9 Å². The Morgan fingerprint density at radius 1 is 1.48 bits per heavy atom. The summed E-state index contributed by atoms with van der Waals surface area (Å²) in [6.07, 6.45) is -1.19. The van der Waals surface area contributed by atoms with Crippen LogP contribution >= 0.6 is 15.9 Å². The molecule has 1 unspecified atom stereocenters. The van der Waals surface area contributed by atoms with Crippen LogP contribution in [-0.2, 0) is 20.9 Å². The number of pyridine rings is 1. The number of esters is 1. The molecule has 1 aromatic carbocycles. The van der Waals surface area contributed by atoms with Gasteiger partial charge < -0.3 is 9.47 Å². The fraction of sp³-hybridized carbons (Fsp3) is 0.267. The van der Waals surface area contributed by atoms with Gasteiger partial charge in [0.25, 0.3) is 0 Å². The van der Waals surface area contributed by atoms with E-state index in [1.807, 2.05) is 18.2 Å². The van der Waals surface area contributed by atoms with Gasteiger partial charge in [-0.1, -0.05) is 22.0 Å². The molecule has 0 spiro atoms. The zero-order valence-corrected chi connectivity index (χ0v) is 12.8. The van der Waals surface area contributed by atoms with Gasteiger partial charge in [-0.2, -0.15) is 0 Å². The fourth-order valence-electron chi connectivity index (χ4n) is 2.28. The monoisotopic (exact) mass is 349 g/mol. The quantitative estimate of drug-likeness (QED) is 0.615. The van der Waals surface area contributed by atoms with Gasteiger partial charge in [-0.15, -0.1) is 0 Å². The van der Waals surface area contributed by atoms with Crippen molar-refractivity contribution in [2.75, 3.05) is 6.61 Å². The van der Waals surface area contributed by atoms with Crippen molar-refractivity contribution < 1.29 is 19.1 Å². The standard InChI is InChI=1S/C15H12BrNO4/c1-2-20-15(19)14-13(18)10-5-8-3-4-9(16)6-11(8)17-12(10)7-21-14/h3-6,14H,2,7H2,1H3. The van der Waals surface area contributed by atoms with Crippen LogP contribution in [0.5, 0.6) is 0 Å². The predicted molar refractivity (Wildman–Crippen MR) is 79.0 cm³/mol. The third-order valence-corrected chi connectivity index (χ3v) is 3.74. The Labute approximate surface area is 129 Å². The molecular weight excluding hydrogens is 338 g/mol. The second-order valence-electron chi connectivity index (χ2n) is 4.63. The number of aromatic nitrogens is 1. The molecule has 0 saturated heterocycles. The number of carbonyl (C=O) groups excluding carboxylic acids is 2. The van der Waals surface area contributed by atoms with Crippen molar-refractivity contribution in [1.29, 1.82) is 0 Å². The average Bonchev–Trinajstić information content (AvgIpc) is 2.46. The van der Waals surface area contributed by atoms with Crippen molar-refractivity contribution >= 4 is 38.6 Å². The Morgan fingerprint density at radius 2 is 2.29 bits per heavy atom. The molecule has 1 aliphatic rings. The maximum absolute atomic E-state index is 12.4. The van der Waals surface area contributed by atoms with Crippen LogP contribution in [0.1, 0.15) is 23.0 Å². The van der Waals surface area contributed by atoms with Crippen LogP contribution < -0.4 is 0 Å². The van der Waals surface area contributed by atoms with Crippen LogP contribution in [0, 0.1) is 0 Å². The molecule has 1 atom stereocenters. The van der Waals surface area contributed by atoms with Gasteiger partial charge in [0, 0.05) is 15.4 Å². The summed E-state index contributed by atoms with van der Waals surface area (Å²) in [4.78, 5) is 28.5. The summed E-state index contributed by atoms with van der Waals surface area (Å²) in [7, 11) is 0. The number of carbonyl (C=O) groups is 2. The van der Waals surface area contributed by atoms with Crippen molar-refractivity contribution in [2.45, 2.75) is 19.6 Å². The first-order valence-electron chi connectivity index (χ1n) is 6.52. The number of ketones is 1. The topological polar surface area (TPSA) is 65.5 Å². The molecule has 0 fully saturated rings. The lowest BCUT2D eigenvalue weighted by atomic mass is 9.99. The number of halogens is 1. The molecule has 5 nitrogen and oxygen atoms in total. The van der Waals surface area contributed by atoms with Crippen molar-refractivity contribution in [1.82, 2.24) is 4.98 Å². The third kappa shape index (κ3) is 2.56. The highest BCUT2D eigenvalue weighted by molar-refractivity contribution is 9.10. The zero-order chi connectivity index (χ0) is 15.0. The minimum absolute atomic E-state index is 0.118. The molecule has 108 valence electrons. The normalized spacial score (nSPS) is 17.6. The maximum atomic E-state index is 12.4. The van der Waals surface area contributed by atoms with Crippen molar-refractivity contribution in [3.05, 3.63) is 40.0 Å². The molecule has 0 radical (unpaired) electrons. The van der Waals surface area contributed by atoms with E-state index in [1.165, 1.54) is 0 Å². The van der Waals surface area contributed by atoms with E-state index >= 15 is 0 Å². The summed E-state index contributed by atoms with van der Waals surface area (Å²) in [6.45, 7) is 2.02. The molecule has 0 saturated carbocycles. The van der Waals surface area contributed by atoms with E-state index in [1.54, 1.807) is 13.0 Å². The molecule has 2 heterocycles. The second kappa shape index (κ2) is 5.54. The van der Waals surface area contributed by atoms with Gasteiger partial charge in [-0.3, -0.25) is 4.79 Å². The number of fused-ring (bicyclic) bond motifs is 2. The SMILES string of the molecule is CCOC(=O)C1OCc2nc3cc(Br)ccc3cc2C1=O. The summed E-state index contributed by atoms with van der Waals surface area (Å²) >= 11 is 3.39. The summed E-state index contributed by atoms with van der Waals surface area (Å²) in [5.74, 6) is -1.05. The number of hydrogen-bond donors (Lipinski definition) is 0. The van der Waals surface area contributed by atoms with Crippen LogP contribution in [0.3, 0.4) is 0 Å². The smallest absolute Gasteiger partial charge is 0.343 e. The lowest BCUT2D eigenvalue weighted by Crippen LogP contribution is -2.38. The molecule has 1 aromatic heterocycles. The molecule has 0 aliphatic carbocycles. The lowest BCUT2D eigenvalue weighted by Gasteiger charge is -2.22. The van der Waals surface area contributed by atoms with Crippen LogP contribution in [0.25, 0.3) is 10.9 Å². The van der Waals surface area contributed by atoms with E-state index in [9.17, 15) is 9.59 Å². The highest BCUT2D eigenvalue weighted by Crippen LogP contribution is 2.26. The van der Waals surface area contributed by atoms with Crippen LogP contribution in [0.4, 0.5) is 0 Å². The first-order valence-corrected chi connectivity index (χ1v) is 7.31. The van der Waals surface area contributed by atoms with E-state index in [0.29, 0.717) is 11.3 Å². The van der Waals surface area contributed by atoms with Gasteiger partial charge in [0.05, 0.1) is 24.4 Å². The first-order chi connectivity index (χ1) is 10.1. The number of hydrogen-bond acceptors (Lipinski definition) is 5. The third-order valence-electron chi connectivity index (χ3n) is 3.25. The average molecular weight is 350 g/mol. The molecule has 2 aromatic rings. The minimum atomic E-state index is -1.19. The van der Waals surface area contributed by atoms with Crippen LogP contribution in [0.2, 0.25) is 0 Å². The number of ether oxygens (including phenoxy) is 2. The van der Waals surface area contributed by atoms with Gasteiger partial charge in [-0.25, -0.2) is 9.78 Å². The summed E-state index contributed by atoms with van der Waals surface area (Å²) in [5.41, 5.74) is 1.74. The lowest BCUT2D eigenvalue weighted by molar-refractivity contribution is -0.154. The van der Waals surface area contributed by atoms with Crippen LogP contribution in [-0.4, -0.2) is 29.4 Å². The molecule has 0 bridgehead atoms. The molecule has 21 heavy (non-hydrogen) atoms. The van der Waals surface area contributed by atoms with E-state index in [2.05, 4.69) is 20.9 Å². The minimum Gasteiger partial charge on any atom is -0.464 e. The van der Waals surface area contributed by atoms with Gasteiger partial charge >= 0.3 is 5.97 Å². The molecule has 0 amide bonds. The Bertz CT molecular complexity index is 744. The van der Waals surface area contributed by atoms with Gasteiger partial charge in [0.15, 0.2) is 0 Å². The van der Waals surface area contributed by atoms with Gasteiger partial charge in [0.1, 0.15) is 0 Å². The highest BCUT2D eigenvalue weighted by atomic mass is 79.9. The van der Waals surface area contributed by atoms with Crippen molar-refractivity contribution in [3.8, 4) is 0 Å². The Hall–Kier alpha value is -1.79. The van der Waals surface area contributed by atoms with E-state index in [-0.39, 0.29) is 13.2 Å². The number of Topliss-reactive ketones (excluding diaryl/α,β-unsaturated/α-hetero) is 1. The fourth-order valence-corrected chi connectivity index (χ4v) is 2.62. The highest BCUT2D eigenvalue weighted by Gasteiger charge is 2.36.